The Balaban J connectivity index is 2.00. The van der Waals surface area contributed by atoms with E-state index in [1.54, 1.807) is 6.07 Å². The minimum absolute atomic E-state index is 0.164. The Morgan fingerprint density at radius 2 is 1.69 bits per heavy atom. The van der Waals surface area contributed by atoms with E-state index in [0.29, 0.717) is 5.69 Å². The van der Waals surface area contributed by atoms with Gasteiger partial charge in [0.15, 0.2) is 5.82 Å². The highest BCUT2D eigenvalue weighted by Crippen LogP contribution is 2.46. The molecule has 0 spiro atoms. The highest BCUT2D eigenvalue weighted by atomic mass is 79.9. The Hall–Kier alpha value is -2.14. The van der Waals surface area contributed by atoms with Crippen molar-refractivity contribution in [2.24, 2.45) is 4.99 Å². The molecule has 0 fully saturated rings. The van der Waals surface area contributed by atoms with E-state index in [0.717, 1.165) is 21.1 Å². The standard InChI is InChI=1S/C21H19BrFN3/c1-20(2)17-13(8-6-9-14(17)22)19(24-21(20,3)4)16-11-12-7-5-10-15(23)18(12)26-25-16/h5-11H,1-4H3. The van der Waals surface area contributed by atoms with Gasteiger partial charge in [0.1, 0.15) is 11.2 Å². The summed E-state index contributed by atoms with van der Waals surface area (Å²) in [5, 5.41) is 9.13. The lowest BCUT2D eigenvalue weighted by molar-refractivity contribution is 0.302. The fourth-order valence-corrected chi connectivity index (χ4v) is 4.35. The van der Waals surface area contributed by atoms with Crippen LogP contribution in [0.2, 0.25) is 0 Å². The molecule has 0 N–H and O–H groups in total. The molecular weight excluding hydrogens is 393 g/mol. The third-order valence-electron chi connectivity index (χ3n) is 5.63. The van der Waals surface area contributed by atoms with E-state index in [1.165, 1.54) is 11.6 Å². The zero-order valence-electron chi connectivity index (χ0n) is 15.1. The van der Waals surface area contributed by atoms with Crippen molar-refractivity contribution in [1.82, 2.24) is 10.2 Å². The Morgan fingerprint density at radius 1 is 0.962 bits per heavy atom. The number of fused-ring (bicyclic) bond motifs is 2. The molecule has 1 aliphatic rings. The average Bonchev–Trinajstić information content (AvgIpc) is 2.58. The lowest BCUT2D eigenvalue weighted by atomic mass is 9.66. The van der Waals surface area contributed by atoms with Crippen LogP contribution in [-0.2, 0) is 5.41 Å². The first kappa shape index (κ1) is 17.3. The highest BCUT2D eigenvalue weighted by molar-refractivity contribution is 9.10. The summed E-state index contributed by atoms with van der Waals surface area (Å²) in [6, 6.07) is 12.9. The number of aliphatic imine (C=N–C) groups is 1. The van der Waals surface area contributed by atoms with Crippen LogP contribution < -0.4 is 0 Å². The van der Waals surface area contributed by atoms with Crippen LogP contribution in [0.5, 0.6) is 0 Å². The van der Waals surface area contributed by atoms with Gasteiger partial charge in [0.25, 0.3) is 0 Å². The smallest absolute Gasteiger partial charge is 0.151 e. The molecule has 1 aliphatic heterocycles. The van der Waals surface area contributed by atoms with E-state index in [1.807, 2.05) is 18.2 Å². The van der Waals surface area contributed by atoms with Gasteiger partial charge in [-0.2, -0.15) is 0 Å². The van der Waals surface area contributed by atoms with Crippen LogP contribution in [0.4, 0.5) is 4.39 Å². The van der Waals surface area contributed by atoms with E-state index in [2.05, 4.69) is 66.0 Å². The van der Waals surface area contributed by atoms with Gasteiger partial charge >= 0.3 is 0 Å². The molecule has 4 rings (SSSR count). The first-order valence-corrected chi connectivity index (χ1v) is 9.33. The number of aromatic nitrogens is 2. The van der Waals surface area contributed by atoms with Gasteiger partial charge in [0.2, 0.25) is 0 Å². The quantitative estimate of drug-likeness (QED) is 0.534. The second-order valence-electron chi connectivity index (χ2n) is 7.71. The summed E-state index contributed by atoms with van der Waals surface area (Å²) >= 11 is 3.72. The van der Waals surface area contributed by atoms with Crippen molar-refractivity contribution in [3.8, 4) is 0 Å². The third kappa shape index (κ3) is 2.41. The van der Waals surface area contributed by atoms with Crippen LogP contribution in [0.1, 0.15) is 44.5 Å². The first-order chi connectivity index (χ1) is 12.2. The van der Waals surface area contributed by atoms with E-state index < -0.39 is 0 Å². The largest absolute Gasteiger partial charge is 0.275 e. The van der Waals surface area contributed by atoms with Crippen LogP contribution in [0.15, 0.2) is 51.9 Å². The van der Waals surface area contributed by atoms with Gasteiger partial charge in [-0.1, -0.05) is 54.0 Å². The van der Waals surface area contributed by atoms with Gasteiger partial charge in [0, 0.05) is 20.8 Å². The fraction of sp³-hybridized carbons (Fsp3) is 0.286. The maximum absolute atomic E-state index is 13.9. The van der Waals surface area contributed by atoms with Gasteiger partial charge in [0.05, 0.1) is 11.3 Å². The predicted octanol–water partition coefficient (Wildman–Crippen LogP) is 5.44. The van der Waals surface area contributed by atoms with E-state index in [4.69, 9.17) is 4.99 Å². The van der Waals surface area contributed by atoms with Gasteiger partial charge in [-0.3, -0.25) is 4.99 Å². The minimum atomic E-state index is -0.364. The molecule has 0 unspecified atom stereocenters. The first-order valence-electron chi connectivity index (χ1n) is 8.54. The summed E-state index contributed by atoms with van der Waals surface area (Å²) in [7, 11) is 0. The predicted molar refractivity (Wildman–Crippen MR) is 106 cm³/mol. The fourth-order valence-electron chi connectivity index (χ4n) is 3.49. The molecule has 5 heteroatoms. The molecule has 0 saturated heterocycles. The SMILES string of the molecule is CC1(C)N=C(c2cc3cccc(F)c3nn2)c2cccc(Br)c2C1(C)C. The van der Waals surface area contributed by atoms with Crippen molar-refractivity contribution in [3.05, 3.63) is 69.6 Å². The van der Waals surface area contributed by atoms with E-state index in [-0.39, 0.29) is 22.3 Å². The summed E-state index contributed by atoms with van der Waals surface area (Å²) in [5.74, 6) is -0.364. The van der Waals surface area contributed by atoms with Gasteiger partial charge in [-0.15, -0.1) is 10.2 Å². The van der Waals surface area contributed by atoms with Crippen LogP contribution in [0, 0.1) is 5.82 Å². The third-order valence-corrected chi connectivity index (χ3v) is 6.29. The number of hydrogen-bond donors (Lipinski definition) is 0. The Kier molecular flexibility index (Phi) is 3.77. The lowest BCUT2D eigenvalue weighted by Crippen LogP contribution is -2.46. The van der Waals surface area contributed by atoms with Crippen molar-refractivity contribution in [1.29, 1.82) is 0 Å². The summed E-state index contributed by atoms with van der Waals surface area (Å²) in [4.78, 5) is 5.05. The molecule has 2 aromatic carbocycles. The minimum Gasteiger partial charge on any atom is -0.275 e. The Labute approximate surface area is 160 Å². The summed E-state index contributed by atoms with van der Waals surface area (Å²) < 4.78 is 15.0. The van der Waals surface area contributed by atoms with Gasteiger partial charge in [-0.25, -0.2) is 4.39 Å². The van der Waals surface area contributed by atoms with Crippen LogP contribution in [0.3, 0.4) is 0 Å². The molecule has 3 aromatic rings. The number of nitrogens with zero attached hydrogens (tertiary/aromatic N) is 3. The molecule has 1 aromatic heterocycles. The maximum Gasteiger partial charge on any atom is 0.151 e. The highest BCUT2D eigenvalue weighted by Gasteiger charge is 2.45. The molecule has 2 heterocycles. The summed E-state index contributed by atoms with van der Waals surface area (Å²) in [6.07, 6.45) is 0. The second-order valence-corrected chi connectivity index (χ2v) is 8.57. The average molecular weight is 412 g/mol. The molecular formula is C21H19BrFN3. The van der Waals surface area contributed by atoms with E-state index in [9.17, 15) is 4.39 Å². The van der Waals surface area contributed by atoms with Gasteiger partial charge < -0.3 is 0 Å². The molecule has 26 heavy (non-hydrogen) atoms. The molecule has 0 saturated carbocycles. The molecule has 3 nitrogen and oxygen atoms in total. The molecule has 0 aliphatic carbocycles. The molecule has 0 amide bonds. The normalized spacial score (nSPS) is 17.7. The monoisotopic (exact) mass is 411 g/mol. The number of hydrogen-bond acceptors (Lipinski definition) is 3. The molecule has 132 valence electrons. The number of benzene rings is 2. The van der Waals surface area contributed by atoms with Crippen LogP contribution in [0.25, 0.3) is 10.9 Å². The Morgan fingerprint density at radius 3 is 2.46 bits per heavy atom. The van der Waals surface area contributed by atoms with Crippen LogP contribution >= 0.6 is 15.9 Å². The Bertz CT molecular complexity index is 1070. The molecule has 0 bridgehead atoms. The summed E-state index contributed by atoms with van der Waals surface area (Å²) in [6.45, 7) is 8.67. The second kappa shape index (κ2) is 5.68. The number of halogens is 2. The maximum atomic E-state index is 13.9. The lowest BCUT2D eigenvalue weighted by Gasteiger charge is -2.44. The van der Waals surface area contributed by atoms with Crippen molar-refractivity contribution in [2.75, 3.05) is 0 Å². The zero-order valence-corrected chi connectivity index (χ0v) is 16.7. The summed E-state index contributed by atoms with van der Waals surface area (Å²) in [5.41, 5.74) is 3.47. The zero-order chi connectivity index (χ0) is 18.7. The molecule has 0 radical (unpaired) electrons. The molecule has 0 atom stereocenters. The van der Waals surface area contributed by atoms with Crippen molar-refractivity contribution < 1.29 is 4.39 Å². The van der Waals surface area contributed by atoms with Crippen LogP contribution in [-0.4, -0.2) is 21.4 Å². The topological polar surface area (TPSA) is 38.1 Å². The van der Waals surface area contributed by atoms with Crippen molar-refractivity contribution >= 4 is 32.5 Å². The van der Waals surface area contributed by atoms with Gasteiger partial charge in [-0.05, 0) is 37.6 Å². The number of rotatable bonds is 1. The van der Waals surface area contributed by atoms with Crippen molar-refractivity contribution in [3.63, 3.8) is 0 Å². The van der Waals surface area contributed by atoms with E-state index >= 15 is 0 Å². The van der Waals surface area contributed by atoms with Crippen molar-refractivity contribution in [2.45, 2.75) is 38.6 Å².